The topological polar surface area (TPSA) is 27.3 Å². The molecule has 0 aromatic carbocycles. The van der Waals surface area contributed by atoms with Gasteiger partial charge in [-0.3, -0.25) is 0 Å². The third-order valence-corrected chi connectivity index (χ3v) is 4.08. The van der Waals surface area contributed by atoms with Crippen molar-refractivity contribution in [2.24, 2.45) is 5.92 Å². The molecule has 2 aliphatic heterocycles. The van der Waals surface area contributed by atoms with Gasteiger partial charge in [0.2, 0.25) is 0 Å². The second kappa shape index (κ2) is 5.94. The Kier molecular flexibility index (Phi) is 4.56. The van der Waals surface area contributed by atoms with Crippen LogP contribution in [0.25, 0.3) is 0 Å². The Labute approximate surface area is 99.9 Å². The van der Waals surface area contributed by atoms with Gasteiger partial charge in [0.1, 0.15) is 0 Å². The van der Waals surface area contributed by atoms with Crippen LogP contribution in [0.5, 0.6) is 0 Å². The molecule has 2 fully saturated rings. The van der Waals surface area contributed by atoms with E-state index in [1.54, 1.807) is 0 Å². The van der Waals surface area contributed by atoms with Crippen LogP contribution in [0.3, 0.4) is 0 Å². The van der Waals surface area contributed by atoms with Crippen LogP contribution in [0.2, 0.25) is 0 Å². The van der Waals surface area contributed by atoms with E-state index in [-0.39, 0.29) is 0 Å². The van der Waals surface area contributed by atoms with Gasteiger partial charge < -0.3 is 0 Å². The van der Waals surface area contributed by atoms with Crippen molar-refractivity contribution in [3.63, 3.8) is 0 Å². The van der Waals surface area contributed by atoms with Gasteiger partial charge in [0, 0.05) is 0 Å². The molecule has 0 bridgehead atoms. The molecule has 0 spiro atoms. The van der Waals surface area contributed by atoms with Crippen molar-refractivity contribution in [2.45, 2.75) is 37.7 Å². The van der Waals surface area contributed by atoms with Gasteiger partial charge in [0.15, 0.2) is 0 Å². The van der Waals surface area contributed by atoms with E-state index in [1.807, 2.05) is 0 Å². The fourth-order valence-corrected chi connectivity index (χ4v) is 3.04. The molecule has 2 heterocycles. The van der Waals surface area contributed by atoms with Crippen molar-refractivity contribution < 1.29 is 0 Å². The third-order valence-electron chi connectivity index (χ3n) is 4.08. The van der Waals surface area contributed by atoms with Gasteiger partial charge in [0.05, 0.1) is 0 Å². The van der Waals surface area contributed by atoms with Crippen molar-refractivity contribution in [1.82, 2.24) is 15.5 Å². The molecule has 0 amide bonds. The zero-order chi connectivity index (χ0) is 11.4. The molecule has 16 heavy (non-hydrogen) atoms. The van der Waals surface area contributed by atoms with Crippen LogP contribution in [-0.4, -0.2) is 57.1 Å². The maximum atomic E-state index is 3.91. The molecule has 0 saturated carbocycles. The zero-order valence-corrected chi connectivity index (χ0v) is 10.4. The summed E-state index contributed by atoms with van der Waals surface area (Å²) in [5, 5.41) is 7.09. The first-order valence-electron chi connectivity index (χ1n) is 6.58. The molecule has 2 saturated heterocycles. The number of rotatable bonds is 1. The first-order chi connectivity index (χ1) is 7.81. The molecule has 0 radical (unpaired) electrons. The van der Waals surface area contributed by atoms with Gasteiger partial charge in [-0.05, 0) is 0 Å². The van der Waals surface area contributed by atoms with Crippen LogP contribution in [0.4, 0.5) is 0 Å². The number of hydrogen-bond donors (Lipinski definition) is 2. The molecule has 0 aromatic heterocycles. The van der Waals surface area contributed by atoms with Gasteiger partial charge in [-0.15, -0.1) is 0 Å². The summed E-state index contributed by atoms with van der Waals surface area (Å²) in [6, 6.07) is 0.696. The van der Waals surface area contributed by atoms with Gasteiger partial charge in [0.25, 0.3) is 0 Å². The Bertz CT molecular complexity index is 234. The monoisotopic (exact) mass is 221 g/mol. The standard InChI is InChI=1S/C12H24BN3/c1-13-12-7-10-5-3-4-6-14-9-16(2)11(10)8-15-12/h10-12,14-15H,1,3-9H2,2H3. The van der Waals surface area contributed by atoms with Crippen LogP contribution in [0.15, 0.2) is 0 Å². The second-order valence-corrected chi connectivity index (χ2v) is 5.22. The van der Waals surface area contributed by atoms with E-state index in [0.29, 0.717) is 12.0 Å². The second-order valence-electron chi connectivity index (χ2n) is 5.22. The summed E-state index contributed by atoms with van der Waals surface area (Å²) in [5.74, 6) is 1.37. The summed E-state index contributed by atoms with van der Waals surface area (Å²) < 4.78 is 0. The van der Waals surface area contributed by atoms with E-state index < -0.39 is 0 Å². The number of fused-ring (bicyclic) bond motifs is 1. The maximum absolute atomic E-state index is 3.91. The van der Waals surface area contributed by atoms with E-state index in [0.717, 1.165) is 19.1 Å². The average Bonchev–Trinajstić information content (AvgIpc) is 2.40. The quantitative estimate of drug-likeness (QED) is 0.614. The summed E-state index contributed by atoms with van der Waals surface area (Å²) in [5.41, 5.74) is 0. The first kappa shape index (κ1) is 12.3. The Balaban J connectivity index is 2.00. The number of hydrogen-bond acceptors (Lipinski definition) is 3. The van der Waals surface area contributed by atoms with Crippen molar-refractivity contribution in [1.29, 1.82) is 0 Å². The van der Waals surface area contributed by atoms with Crippen LogP contribution in [-0.2, 0) is 0 Å². The first-order valence-corrected chi connectivity index (χ1v) is 6.58. The minimum atomic E-state index is 0.531. The number of nitrogens with one attached hydrogen (secondary N) is 2. The van der Waals surface area contributed by atoms with Crippen LogP contribution < -0.4 is 10.6 Å². The summed E-state index contributed by atoms with van der Waals surface area (Å²) >= 11 is 0. The molecule has 2 aliphatic rings. The molecule has 3 nitrogen and oxygen atoms in total. The van der Waals surface area contributed by atoms with Crippen molar-refractivity contribution >= 4 is 13.4 Å². The normalized spacial score (nSPS) is 37.7. The molecule has 0 aliphatic carbocycles. The van der Waals surface area contributed by atoms with Gasteiger partial charge in [-0.1, -0.05) is 0 Å². The predicted molar refractivity (Wildman–Crippen MR) is 71.0 cm³/mol. The summed E-state index contributed by atoms with van der Waals surface area (Å²) in [4.78, 5) is 2.47. The molecule has 3 unspecified atom stereocenters. The van der Waals surface area contributed by atoms with Crippen LogP contribution >= 0.6 is 0 Å². The molecular formula is C12H24BN3. The molecule has 3 atom stereocenters. The Morgan fingerprint density at radius 1 is 1.38 bits per heavy atom. The summed E-state index contributed by atoms with van der Waals surface area (Å²) in [7, 11) is 2.24. The Morgan fingerprint density at radius 2 is 2.25 bits per heavy atom. The van der Waals surface area contributed by atoms with Gasteiger partial charge >= 0.3 is 99.3 Å². The van der Waals surface area contributed by atoms with Crippen LogP contribution in [0, 0.1) is 5.92 Å². The minimum absolute atomic E-state index is 0.531. The number of nitrogens with zero attached hydrogens (tertiary/aromatic N) is 1. The third kappa shape index (κ3) is 2.93. The van der Waals surface area contributed by atoms with Crippen molar-refractivity contribution in [3.8, 4) is 0 Å². The SMILES string of the molecule is C=BC1CC2CCCCNCN(C)C2CN1. The van der Waals surface area contributed by atoms with Gasteiger partial charge in [-0.25, -0.2) is 0 Å². The average molecular weight is 221 g/mol. The fraction of sp³-hybridized carbons (Fsp3) is 0.917. The zero-order valence-electron chi connectivity index (χ0n) is 10.4. The Morgan fingerprint density at radius 3 is 3.06 bits per heavy atom. The van der Waals surface area contributed by atoms with Crippen molar-refractivity contribution in [2.75, 3.05) is 26.8 Å². The molecule has 4 heteroatoms. The predicted octanol–water partition coefficient (Wildman–Crippen LogP) is 0.0896. The van der Waals surface area contributed by atoms with Crippen LogP contribution in [0.1, 0.15) is 25.7 Å². The van der Waals surface area contributed by atoms with E-state index in [2.05, 4.69) is 36.0 Å². The molecule has 2 rings (SSSR count). The number of piperidine rings is 1. The molecule has 0 aromatic rings. The van der Waals surface area contributed by atoms with E-state index in [1.165, 1.54) is 32.2 Å². The fourth-order valence-electron chi connectivity index (χ4n) is 3.04. The molecule has 90 valence electrons. The summed E-state index contributed by atoms with van der Waals surface area (Å²) in [6.45, 7) is 9.29. The van der Waals surface area contributed by atoms with E-state index >= 15 is 0 Å². The number of likely N-dealkylation sites (N-methyl/N-ethyl adjacent to an activating group) is 1. The molecular weight excluding hydrogens is 197 g/mol. The van der Waals surface area contributed by atoms with E-state index in [9.17, 15) is 0 Å². The van der Waals surface area contributed by atoms with Crippen molar-refractivity contribution in [3.05, 3.63) is 0 Å². The molecule has 2 N–H and O–H groups in total. The Hall–Kier alpha value is -0.185. The van der Waals surface area contributed by atoms with E-state index in [4.69, 9.17) is 0 Å². The van der Waals surface area contributed by atoms with Gasteiger partial charge in [-0.2, -0.15) is 0 Å². The summed E-state index contributed by atoms with van der Waals surface area (Å²) in [6.07, 6.45) is 5.33.